The summed E-state index contributed by atoms with van der Waals surface area (Å²) < 4.78 is 23.2. The minimum Gasteiger partial charge on any atom is -0.507 e. The molecule has 2 aromatic rings. The molecule has 0 saturated heterocycles. The molecular weight excluding hydrogens is 692 g/mol. The highest BCUT2D eigenvalue weighted by atomic mass is 16.7. The average molecular weight is 741 g/mol. The molecular formula is C38H48N2O13. The highest BCUT2D eigenvalue weighted by Gasteiger charge is 2.50. The predicted molar refractivity (Wildman–Crippen MR) is 193 cm³/mol. The van der Waals surface area contributed by atoms with Gasteiger partial charge in [-0.25, -0.2) is 0 Å². The van der Waals surface area contributed by atoms with Gasteiger partial charge in [0.25, 0.3) is 11.7 Å². The number of rotatable bonds is 3. The molecule has 0 spiro atoms. The molecule has 3 aliphatic rings. The fourth-order valence-electron chi connectivity index (χ4n) is 6.93. The molecule has 0 aliphatic carbocycles. The van der Waals surface area contributed by atoms with Crippen molar-refractivity contribution in [3.05, 3.63) is 52.8 Å². The van der Waals surface area contributed by atoms with Gasteiger partial charge in [0, 0.05) is 61.2 Å². The molecule has 0 aromatic heterocycles. The number of carbonyl (C=O) groups excluding carboxylic acids is 3. The van der Waals surface area contributed by atoms with Crippen molar-refractivity contribution in [2.24, 2.45) is 28.8 Å². The number of phenolic OH excluding ortho intramolecular Hbond substituents is 3. The van der Waals surface area contributed by atoms with Gasteiger partial charge in [0.1, 0.15) is 23.4 Å². The number of aliphatic hydroxyl groups excluding tert-OH is 2. The third-order valence-corrected chi connectivity index (χ3v) is 10.2. The molecule has 0 saturated carbocycles. The normalized spacial score (nSPS) is 32.2. The maximum Gasteiger partial charge on any atom is 0.312 e. The second kappa shape index (κ2) is 15.9. The molecule has 1 amide bonds. The number of phenols is 3. The number of ether oxygens (including phenoxy) is 4. The quantitative estimate of drug-likeness (QED) is 0.0572. The smallest absolute Gasteiger partial charge is 0.312 e. The third kappa shape index (κ3) is 7.54. The number of oxime groups is 1. The van der Waals surface area contributed by atoms with Gasteiger partial charge in [-0.1, -0.05) is 51.1 Å². The Balaban J connectivity index is 1.95. The lowest BCUT2D eigenvalue weighted by Gasteiger charge is -2.38. The standard InChI is InChI=1S/C38H48N2O13/c1-16-11-10-12-17(2)37(48)40-28-23(15-39-49)32(45)25-26(33(28)46)31(44)21(6)35-27(25)36(47)38(8,53-35)51-14-13-24(50-9)18(3)34(52-22(7)41)20(5)30(43)19(4)29(16)42/h10-16,18-20,24,29-30,34,42-46,49H,1-9H3,(H,40,48)/b11-10+,14-13+,17-12-,39-15?/t16-,18-,19+,20-,24-,29-,30+,34+,38-/m0/s1. The number of anilines is 1. The number of hydrogen-bond acceptors (Lipinski definition) is 14. The first-order valence-electron chi connectivity index (χ1n) is 17.1. The summed E-state index contributed by atoms with van der Waals surface area (Å²) in [6.45, 7) is 12.2. The lowest BCUT2D eigenvalue weighted by molar-refractivity contribution is -0.160. The predicted octanol–water partition coefficient (Wildman–Crippen LogP) is 4.56. The molecule has 288 valence electrons. The van der Waals surface area contributed by atoms with Crippen molar-refractivity contribution in [2.75, 3.05) is 12.4 Å². The topological polar surface area (TPSA) is 234 Å². The van der Waals surface area contributed by atoms with E-state index in [4.69, 9.17) is 18.9 Å². The number of nitrogens with one attached hydrogen (secondary N) is 1. The fourth-order valence-corrected chi connectivity index (χ4v) is 6.93. The van der Waals surface area contributed by atoms with Crippen LogP contribution >= 0.6 is 0 Å². The Hall–Kier alpha value is -5.12. The molecule has 0 unspecified atom stereocenters. The third-order valence-electron chi connectivity index (χ3n) is 10.2. The fraction of sp³-hybridized carbons (Fsp3) is 0.474. The number of allylic oxidation sites excluding steroid dienone is 2. The minimum atomic E-state index is -2.07. The van der Waals surface area contributed by atoms with Crippen LogP contribution in [0.15, 0.2) is 41.3 Å². The van der Waals surface area contributed by atoms with Crippen molar-refractivity contribution >= 4 is 40.3 Å². The Kier molecular flexibility index (Phi) is 12.2. The first-order chi connectivity index (χ1) is 24.8. The van der Waals surface area contributed by atoms with Crippen molar-refractivity contribution in [3.8, 4) is 23.0 Å². The van der Waals surface area contributed by atoms with Crippen molar-refractivity contribution < 1.29 is 64.1 Å². The minimum absolute atomic E-state index is 0.00476. The van der Waals surface area contributed by atoms with Gasteiger partial charge in [0.15, 0.2) is 5.75 Å². The van der Waals surface area contributed by atoms with E-state index in [-0.39, 0.29) is 27.8 Å². The number of benzene rings is 2. The van der Waals surface area contributed by atoms with E-state index in [0.29, 0.717) is 0 Å². The van der Waals surface area contributed by atoms with Crippen molar-refractivity contribution in [1.29, 1.82) is 0 Å². The van der Waals surface area contributed by atoms with Gasteiger partial charge in [0.05, 0.1) is 53.0 Å². The number of Topliss-reactive ketones (excluding diaryl/α,β-unsaturated/α-hetero) is 1. The molecule has 3 aliphatic heterocycles. The van der Waals surface area contributed by atoms with Gasteiger partial charge >= 0.3 is 11.8 Å². The highest BCUT2D eigenvalue weighted by molar-refractivity contribution is 6.23. The SMILES string of the molecule is CO[C@H]1/C=C/O[C@@]2(C)Oc3c(C)c(O)c4c(O)c(c(C=NO)c(O)c4c3C2=O)NC(=O)/C(C)=C\C=C\[C@H](C)[C@H](O)[C@@H](C)[C@@H](O)[C@H](C)[C@H](OC(C)=O)[C@H]1C. The first-order valence-corrected chi connectivity index (χ1v) is 17.1. The van der Waals surface area contributed by atoms with E-state index in [1.54, 1.807) is 33.8 Å². The van der Waals surface area contributed by atoms with Crippen LogP contribution < -0.4 is 10.1 Å². The van der Waals surface area contributed by atoms with E-state index < -0.39 is 105 Å². The Labute approximate surface area is 306 Å². The number of aliphatic hydroxyl groups is 2. The number of hydrogen-bond donors (Lipinski definition) is 7. The van der Waals surface area contributed by atoms with Crippen LogP contribution in [0.5, 0.6) is 23.0 Å². The molecule has 53 heavy (non-hydrogen) atoms. The van der Waals surface area contributed by atoms with Crippen molar-refractivity contribution in [2.45, 2.75) is 85.6 Å². The lowest BCUT2D eigenvalue weighted by atomic mass is 9.78. The molecule has 9 atom stereocenters. The largest absolute Gasteiger partial charge is 0.507 e. The molecule has 15 heteroatoms. The van der Waals surface area contributed by atoms with E-state index in [1.807, 2.05) is 0 Å². The number of fused-ring (bicyclic) bond motifs is 14. The second-order valence-electron chi connectivity index (χ2n) is 13.9. The lowest BCUT2D eigenvalue weighted by Crippen LogP contribution is -2.46. The van der Waals surface area contributed by atoms with E-state index in [0.717, 1.165) is 12.5 Å². The van der Waals surface area contributed by atoms with Gasteiger partial charge in [-0.05, 0) is 19.9 Å². The van der Waals surface area contributed by atoms with E-state index >= 15 is 0 Å². The van der Waals surface area contributed by atoms with Gasteiger partial charge in [-0.3, -0.25) is 14.4 Å². The highest BCUT2D eigenvalue weighted by Crippen LogP contribution is 2.55. The van der Waals surface area contributed by atoms with Crippen LogP contribution in [0, 0.1) is 30.6 Å². The summed E-state index contributed by atoms with van der Waals surface area (Å²) in [4.78, 5) is 39.7. The van der Waals surface area contributed by atoms with Crippen LogP contribution in [-0.2, 0) is 23.8 Å². The molecule has 3 heterocycles. The van der Waals surface area contributed by atoms with Gasteiger partial charge in [-0.15, -0.1) is 0 Å². The number of ketones is 1. The monoisotopic (exact) mass is 740 g/mol. The summed E-state index contributed by atoms with van der Waals surface area (Å²) in [5.74, 6) is -9.00. The summed E-state index contributed by atoms with van der Waals surface area (Å²) >= 11 is 0. The number of aromatic hydroxyl groups is 3. The zero-order valence-corrected chi connectivity index (χ0v) is 31.1. The van der Waals surface area contributed by atoms with Gasteiger partial charge in [-0.2, -0.15) is 0 Å². The Morgan fingerprint density at radius 1 is 0.962 bits per heavy atom. The number of methoxy groups -OCH3 is 1. The van der Waals surface area contributed by atoms with Gasteiger partial charge in [0.2, 0.25) is 0 Å². The zero-order chi connectivity index (χ0) is 39.7. The number of amides is 1. The summed E-state index contributed by atoms with van der Waals surface area (Å²) in [7, 11) is 1.41. The van der Waals surface area contributed by atoms with Gasteiger partial charge < -0.3 is 55.0 Å². The summed E-state index contributed by atoms with van der Waals surface area (Å²) in [5.41, 5.74) is -0.978. The van der Waals surface area contributed by atoms with Crippen molar-refractivity contribution in [3.63, 3.8) is 0 Å². The van der Waals surface area contributed by atoms with Crippen LogP contribution in [0.2, 0.25) is 0 Å². The Morgan fingerprint density at radius 3 is 2.23 bits per heavy atom. The number of carbonyl (C=O) groups is 3. The summed E-state index contributed by atoms with van der Waals surface area (Å²) in [6.07, 6.45) is 4.01. The van der Waals surface area contributed by atoms with E-state index in [1.165, 1.54) is 53.0 Å². The van der Waals surface area contributed by atoms with Crippen LogP contribution in [0.25, 0.3) is 10.8 Å². The summed E-state index contributed by atoms with van der Waals surface area (Å²) in [6, 6.07) is 0. The van der Waals surface area contributed by atoms with Crippen LogP contribution in [0.3, 0.4) is 0 Å². The molecule has 5 bridgehead atoms. The second-order valence-corrected chi connectivity index (χ2v) is 13.9. The van der Waals surface area contributed by atoms with Crippen LogP contribution in [0.4, 0.5) is 5.69 Å². The number of esters is 1. The molecule has 7 N–H and O–H groups in total. The Bertz CT molecular complexity index is 1900. The van der Waals surface area contributed by atoms with E-state index in [9.17, 15) is 45.1 Å². The maximum absolute atomic E-state index is 14.1. The molecule has 0 fully saturated rings. The molecule has 0 radical (unpaired) electrons. The molecule has 2 aromatic carbocycles. The van der Waals surface area contributed by atoms with E-state index in [2.05, 4.69) is 10.5 Å². The molecule has 5 rings (SSSR count). The van der Waals surface area contributed by atoms with Crippen LogP contribution in [0.1, 0.15) is 70.0 Å². The molecule has 15 nitrogen and oxygen atoms in total. The first kappa shape index (κ1) is 40.6. The zero-order valence-electron chi connectivity index (χ0n) is 31.1. The number of nitrogens with zero attached hydrogens (tertiary/aromatic N) is 1. The Morgan fingerprint density at radius 2 is 1.62 bits per heavy atom. The van der Waals surface area contributed by atoms with Crippen LogP contribution in [-0.4, -0.2) is 91.9 Å². The average Bonchev–Trinajstić information content (AvgIpc) is 3.38. The van der Waals surface area contributed by atoms with Crippen molar-refractivity contribution in [1.82, 2.24) is 0 Å². The summed E-state index contributed by atoms with van der Waals surface area (Å²) in [5, 5.41) is 71.2. The maximum atomic E-state index is 14.1.